The number of fused-ring (bicyclic) bond motifs is 5. The molecule has 0 spiro atoms. The largest absolute Gasteiger partial charge is 0.450 e. The van der Waals surface area contributed by atoms with Gasteiger partial charge < -0.3 is 14.9 Å². The standard InChI is InChI=1S/C25H35NO9/c1-23-9-7-16(28)12-15(23)5-6-17-18-8-10-25(20(30)14-27,24(18,2)13-19(29)22(17)23)35-21(31)4-3-11-34-26(32)33/h7,9,12,17-19,22,27,29,32-33H,3-6,8,10-11,13-14H2,1-2H3/t17-,18-,19-,22+,23-,24-,25-/m0/s1. The van der Waals surface area contributed by atoms with Gasteiger partial charge in [0.15, 0.2) is 11.4 Å². The highest BCUT2D eigenvalue weighted by atomic mass is 17.1. The fourth-order valence-corrected chi connectivity index (χ4v) is 7.73. The molecule has 0 aromatic carbocycles. The van der Waals surface area contributed by atoms with Gasteiger partial charge >= 0.3 is 5.97 Å². The van der Waals surface area contributed by atoms with Crippen LogP contribution < -0.4 is 0 Å². The lowest BCUT2D eigenvalue weighted by Gasteiger charge is -2.59. The fourth-order valence-electron chi connectivity index (χ4n) is 7.73. The third-order valence-electron chi connectivity index (χ3n) is 9.23. The first kappa shape index (κ1) is 26.1. The smallest absolute Gasteiger partial charge is 0.306 e. The van der Waals surface area contributed by atoms with Crippen molar-refractivity contribution in [2.75, 3.05) is 13.2 Å². The Morgan fingerprint density at radius 1 is 1.23 bits per heavy atom. The normalized spacial score (nSPS) is 40.1. The average Bonchev–Trinajstić information content (AvgIpc) is 3.08. The predicted octanol–water partition coefficient (Wildman–Crippen LogP) is 1.90. The summed E-state index contributed by atoms with van der Waals surface area (Å²) in [4.78, 5) is 42.4. The number of ketones is 2. The molecule has 0 bridgehead atoms. The van der Waals surface area contributed by atoms with Crippen molar-refractivity contribution < 1.29 is 44.6 Å². The van der Waals surface area contributed by atoms with Crippen LogP contribution in [0.25, 0.3) is 0 Å². The molecule has 3 saturated carbocycles. The first-order valence-electron chi connectivity index (χ1n) is 12.3. The van der Waals surface area contributed by atoms with Crippen LogP contribution in [0.1, 0.15) is 58.8 Å². The second-order valence-corrected chi connectivity index (χ2v) is 10.8. The summed E-state index contributed by atoms with van der Waals surface area (Å²) < 4.78 is 5.88. The van der Waals surface area contributed by atoms with Crippen molar-refractivity contribution in [3.63, 3.8) is 0 Å². The number of ether oxygens (including phenoxy) is 1. The molecule has 10 heteroatoms. The van der Waals surface area contributed by atoms with Gasteiger partial charge in [0.2, 0.25) is 5.78 Å². The van der Waals surface area contributed by atoms with Crippen LogP contribution in [0.15, 0.2) is 23.8 Å². The van der Waals surface area contributed by atoms with E-state index in [2.05, 4.69) is 11.8 Å². The van der Waals surface area contributed by atoms with Gasteiger partial charge in [0.1, 0.15) is 6.61 Å². The zero-order valence-electron chi connectivity index (χ0n) is 20.2. The van der Waals surface area contributed by atoms with E-state index in [0.29, 0.717) is 6.42 Å². The molecule has 0 aromatic heterocycles. The van der Waals surface area contributed by atoms with E-state index in [9.17, 15) is 24.6 Å². The molecule has 0 saturated heterocycles. The van der Waals surface area contributed by atoms with Crippen molar-refractivity contribution in [1.29, 1.82) is 0 Å². The Bertz CT molecular complexity index is 945. The van der Waals surface area contributed by atoms with Crippen molar-refractivity contribution >= 4 is 17.5 Å². The highest BCUT2D eigenvalue weighted by Gasteiger charge is 2.70. The number of hydrogen-bond donors (Lipinski definition) is 4. The van der Waals surface area contributed by atoms with Gasteiger partial charge in [0.25, 0.3) is 0 Å². The predicted molar refractivity (Wildman–Crippen MR) is 120 cm³/mol. The molecule has 0 heterocycles. The number of allylic oxidation sites excluding steroid dienone is 4. The summed E-state index contributed by atoms with van der Waals surface area (Å²) in [7, 11) is 0. The monoisotopic (exact) mass is 493 g/mol. The topological polar surface area (TPSA) is 154 Å². The van der Waals surface area contributed by atoms with Crippen LogP contribution >= 0.6 is 0 Å². The lowest BCUT2D eigenvalue weighted by Crippen LogP contribution is -2.63. The Morgan fingerprint density at radius 2 is 1.97 bits per heavy atom. The van der Waals surface area contributed by atoms with Gasteiger partial charge in [-0.05, 0) is 62.5 Å². The van der Waals surface area contributed by atoms with Gasteiger partial charge in [-0.1, -0.05) is 25.5 Å². The number of rotatable bonds is 8. The number of esters is 1. The van der Waals surface area contributed by atoms with Crippen molar-refractivity contribution in [2.45, 2.75) is 70.5 Å². The van der Waals surface area contributed by atoms with Gasteiger partial charge in [0, 0.05) is 23.2 Å². The molecule has 0 radical (unpaired) electrons. The second kappa shape index (κ2) is 9.49. The Kier molecular flexibility index (Phi) is 7.09. The minimum absolute atomic E-state index is 0.00993. The molecule has 4 aliphatic rings. The highest BCUT2D eigenvalue weighted by molar-refractivity contribution is 6.01. The van der Waals surface area contributed by atoms with Crippen molar-refractivity contribution in [1.82, 2.24) is 5.39 Å². The van der Waals surface area contributed by atoms with E-state index < -0.39 is 46.3 Å². The molecule has 4 aliphatic carbocycles. The zero-order chi connectivity index (χ0) is 25.6. The van der Waals surface area contributed by atoms with Crippen molar-refractivity contribution in [2.24, 2.45) is 28.6 Å². The van der Waals surface area contributed by atoms with Gasteiger partial charge in [-0.25, -0.2) is 0 Å². The van der Waals surface area contributed by atoms with E-state index in [4.69, 9.17) is 15.2 Å². The van der Waals surface area contributed by atoms with E-state index >= 15 is 0 Å². The number of hydrogen-bond acceptors (Lipinski definition) is 10. The third kappa shape index (κ3) is 4.20. The second-order valence-electron chi connectivity index (χ2n) is 10.8. The molecule has 4 N–H and O–H groups in total. The van der Waals surface area contributed by atoms with Crippen LogP contribution in [0.2, 0.25) is 0 Å². The first-order valence-corrected chi connectivity index (χ1v) is 12.3. The summed E-state index contributed by atoms with van der Waals surface area (Å²) in [6, 6.07) is 0. The van der Waals surface area contributed by atoms with Crippen LogP contribution in [0.3, 0.4) is 0 Å². The number of carbonyl (C=O) groups is 3. The quantitative estimate of drug-likeness (QED) is 0.224. The minimum Gasteiger partial charge on any atom is -0.450 e. The SMILES string of the molecule is C[C@]12C=CC(=O)C=C1CC[C@@H]1[C@@H]2[C@@H](O)C[C@@]2(C)[C@H]1CC[C@]2(OC(=O)CCCON(O)O)C(=O)CO. The molecule has 0 amide bonds. The number of aliphatic hydroxyl groups is 2. The van der Waals surface area contributed by atoms with Crippen LogP contribution in [0, 0.1) is 28.6 Å². The third-order valence-corrected chi connectivity index (χ3v) is 9.23. The zero-order valence-corrected chi connectivity index (χ0v) is 20.2. The number of Topliss-reactive ketones (excluding diaryl/α,β-unsaturated/α-hetero) is 1. The van der Waals surface area contributed by atoms with E-state index in [1.165, 1.54) is 0 Å². The molecule has 3 fully saturated rings. The summed E-state index contributed by atoms with van der Waals surface area (Å²) in [5, 5.41) is 38.1. The maximum atomic E-state index is 13.2. The van der Waals surface area contributed by atoms with Crippen molar-refractivity contribution in [3.8, 4) is 0 Å². The van der Waals surface area contributed by atoms with Crippen LogP contribution in [-0.4, -0.2) is 68.5 Å². The molecular weight excluding hydrogens is 458 g/mol. The molecule has 10 nitrogen and oxygen atoms in total. The summed E-state index contributed by atoms with van der Waals surface area (Å²) in [6.07, 6.45) is 6.99. The Hall–Kier alpha value is -1.95. The lowest BCUT2D eigenvalue weighted by molar-refractivity contribution is -0.492. The number of aliphatic hydroxyl groups excluding tert-OH is 2. The molecular formula is C25H35NO9. The Balaban J connectivity index is 1.60. The van der Waals surface area contributed by atoms with E-state index in [-0.39, 0.29) is 55.8 Å². The maximum absolute atomic E-state index is 13.2. The van der Waals surface area contributed by atoms with E-state index in [1.54, 1.807) is 12.2 Å². The Morgan fingerprint density at radius 3 is 2.66 bits per heavy atom. The molecule has 4 rings (SSSR count). The van der Waals surface area contributed by atoms with Crippen molar-refractivity contribution in [3.05, 3.63) is 23.8 Å². The molecule has 0 aromatic rings. The molecule has 35 heavy (non-hydrogen) atoms. The summed E-state index contributed by atoms with van der Waals surface area (Å²) in [5.41, 5.74) is -1.83. The summed E-state index contributed by atoms with van der Waals surface area (Å²) >= 11 is 0. The molecule has 7 atom stereocenters. The van der Waals surface area contributed by atoms with Gasteiger partial charge in [-0.2, -0.15) is 0 Å². The van der Waals surface area contributed by atoms with Gasteiger partial charge in [0.05, 0.1) is 18.1 Å². The van der Waals surface area contributed by atoms with Crippen LogP contribution in [0.4, 0.5) is 0 Å². The Labute approximate surface area is 204 Å². The lowest BCUT2D eigenvalue weighted by atomic mass is 9.46. The minimum atomic E-state index is -1.55. The highest BCUT2D eigenvalue weighted by Crippen LogP contribution is 2.67. The maximum Gasteiger partial charge on any atom is 0.306 e. The van der Waals surface area contributed by atoms with Crippen LogP contribution in [-0.2, 0) is 24.0 Å². The average molecular weight is 494 g/mol. The molecule has 0 unspecified atom stereocenters. The molecule has 194 valence electrons. The van der Waals surface area contributed by atoms with Gasteiger partial charge in [-0.15, -0.1) is 0 Å². The fraction of sp³-hybridized carbons (Fsp3) is 0.720. The first-order chi connectivity index (χ1) is 16.5. The summed E-state index contributed by atoms with van der Waals surface area (Å²) in [5.74, 6) is -1.33. The van der Waals surface area contributed by atoms with E-state index in [1.807, 2.05) is 13.0 Å². The summed E-state index contributed by atoms with van der Waals surface area (Å²) in [6.45, 7) is 3.03. The van der Waals surface area contributed by atoms with Gasteiger partial charge in [-0.3, -0.25) is 29.6 Å². The molecule has 0 aliphatic heterocycles. The van der Waals surface area contributed by atoms with Crippen LogP contribution in [0.5, 0.6) is 0 Å². The number of carbonyl (C=O) groups excluding carboxylic acids is 3. The number of nitrogens with zero attached hydrogens (tertiary/aromatic N) is 1. The van der Waals surface area contributed by atoms with E-state index in [0.717, 1.165) is 18.4 Å².